The maximum atomic E-state index is 12.8. The summed E-state index contributed by atoms with van der Waals surface area (Å²) in [5, 5.41) is 0. The van der Waals surface area contributed by atoms with Crippen LogP contribution in [0.2, 0.25) is 0 Å². The molecule has 1 saturated heterocycles. The first-order chi connectivity index (χ1) is 9.91. The Kier molecular flexibility index (Phi) is 3.50. The summed E-state index contributed by atoms with van der Waals surface area (Å²) in [6.07, 6.45) is 2.15. The molecule has 0 bridgehead atoms. The Bertz CT molecular complexity index is 691. The van der Waals surface area contributed by atoms with Gasteiger partial charge in [0.05, 0.1) is 10.9 Å². The van der Waals surface area contributed by atoms with Crippen molar-refractivity contribution in [3.8, 4) is 0 Å². The van der Waals surface area contributed by atoms with Gasteiger partial charge in [-0.2, -0.15) is 4.31 Å². The van der Waals surface area contributed by atoms with Crippen LogP contribution in [0.5, 0.6) is 0 Å². The molecule has 1 saturated carbocycles. The van der Waals surface area contributed by atoms with Crippen LogP contribution in [0.25, 0.3) is 0 Å². The summed E-state index contributed by atoms with van der Waals surface area (Å²) in [5.74, 6) is 0.0204. The molecule has 0 unspecified atom stereocenters. The molecule has 2 fully saturated rings. The van der Waals surface area contributed by atoms with E-state index in [9.17, 15) is 13.2 Å². The highest BCUT2D eigenvalue weighted by Crippen LogP contribution is 2.39. The fourth-order valence-corrected chi connectivity index (χ4v) is 4.96. The van der Waals surface area contributed by atoms with E-state index in [-0.39, 0.29) is 23.1 Å². The lowest BCUT2D eigenvalue weighted by molar-refractivity contribution is -0.124. The van der Waals surface area contributed by atoms with Gasteiger partial charge in [0.25, 0.3) is 0 Å². The number of nitrogens with zero attached hydrogens (tertiary/aromatic N) is 1. The van der Waals surface area contributed by atoms with Crippen LogP contribution in [-0.2, 0) is 14.8 Å². The zero-order valence-corrected chi connectivity index (χ0v) is 12.9. The first-order valence-electron chi connectivity index (χ1n) is 7.20. The van der Waals surface area contributed by atoms with E-state index in [0.717, 1.165) is 24.0 Å². The number of Topliss-reactive ketones (excluding diaryl/α,β-unsaturated/α-hetero) is 1. The number of rotatable bonds is 2. The Morgan fingerprint density at radius 1 is 1.24 bits per heavy atom. The highest BCUT2D eigenvalue weighted by atomic mass is 32.2. The van der Waals surface area contributed by atoms with E-state index >= 15 is 0 Å². The first-order valence-corrected chi connectivity index (χ1v) is 8.64. The Morgan fingerprint density at radius 3 is 2.57 bits per heavy atom. The number of carbonyl (C=O) groups excluding carboxylic acids is 1. The van der Waals surface area contributed by atoms with Crippen LogP contribution in [0.4, 0.5) is 0 Å². The SMILES string of the molecule is C=C1CN(S(=O)(=O)c2ccc(C)cc2)[C@@H]2C(=O)CCC[C@H]12. The van der Waals surface area contributed by atoms with Crippen molar-refractivity contribution in [2.75, 3.05) is 6.54 Å². The summed E-state index contributed by atoms with van der Waals surface area (Å²) in [6.45, 7) is 6.16. The van der Waals surface area contributed by atoms with Crippen LogP contribution in [0.1, 0.15) is 24.8 Å². The Labute approximate surface area is 125 Å². The fraction of sp³-hybridized carbons (Fsp3) is 0.438. The molecule has 21 heavy (non-hydrogen) atoms. The molecule has 1 aromatic rings. The van der Waals surface area contributed by atoms with Gasteiger partial charge in [0.2, 0.25) is 10.0 Å². The fourth-order valence-electron chi connectivity index (χ4n) is 3.31. The van der Waals surface area contributed by atoms with Crippen molar-refractivity contribution in [3.05, 3.63) is 42.0 Å². The second-order valence-electron chi connectivity index (χ2n) is 5.93. The summed E-state index contributed by atoms with van der Waals surface area (Å²) < 4.78 is 27.0. The van der Waals surface area contributed by atoms with Gasteiger partial charge in [0.1, 0.15) is 0 Å². The van der Waals surface area contributed by atoms with E-state index in [1.807, 2.05) is 6.92 Å². The van der Waals surface area contributed by atoms with E-state index in [4.69, 9.17) is 0 Å². The van der Waals surface area contributed by atoms with Gasteiger partial charge >= 0.3 is 0 Å². The van der Waals surface area contributed by atoms with Gasteiger partial charge in [-0.25, -0.2) is 8.42 Å². The molecule has 0 aromatic heterocycles. The van der Waals surface area contributed by atoms with Gasteiger partial charge in [-0.15, -0.1) is 0 Å². The molecule has 4 nitrogen and oxygen atoms in total. The third kappa shape index (κ3) is 2.34. The van der Waals surface area contributed by atoms with Crippen molar-refractivity contribution in [2.24, 2.45) is 5.92 Å². The average Bonchev–Trinajstić information content (AvgIpc) is 2.79. The molecule has 0 N–H and O–H groups in total. The van der Waals surface area contributed by atoms with E-state index in [2.05, 4.69) is 6.58 Å². The molecule has 0 radical (unpaired) electrons. The lowest BCUT2D eigenvalue weighted by Crippen LogP contribution is -2.44. The monoisotopic (exact) mass is 305 g/mol. The average molecular weight is 305 g/mol. The zero-order valence-electron chi connectivity index (χ0n) is 12.1. The van der Waals surface area contributed by atoms with Gasteiger partial charge in [-0.1, -0.05) is 29.8 Å². The number of hydrogen-bond acceptors (Lipinski definition) is 3. The predicted octanol–water partition coefficient (Wildman–Crippen LogP) is 2.29. The lowest BCUT2D eigenvalue weighted by Gasteiger charge is -2.29. The van der Waals surface area contributed by atoms with Crippen molar-refractivity contribution in [2.45, 2.75) is 37.1 Å². The van der Waals surface area contributed by atoms with Crippen LogP contribution in [-0.4, -0.2) is 31.1 Å². The summed E-state index contributed by atoms with van der Waals surface area (Å²) >= 11 is 0. The quantitative estimate of drug-likeness (QED) is 0.788. The summed E-state index contributed by atoms with van der Waals surface area (Å²) in [6, 6.07) is 6.22. The number of aryl methyl sites for hydroxylation is 1. The molecule has 1 heterocycles. The van der Waals surface area contributed by atoms with E-state index < -0.39 is 16.1 Å². The van der Waals surface area contributed by atoms with Crippen LogP contribution >= 0.6 is 0 Å². The predicted molar refractivity (Wildman–Crippen MR) is 80.3 cm³/mol. The number of benzene rings is 1. The van der Waals surface area contributed by atoms with E-state index in [1.165, 1.54) is 4.31 Å². The third-order valence-electron chi connectivity index (χ3n) is 4.47. The van der Waals surface area contributed by atoms with Gasteiger partial charge < -0.3 is 0 Å². The Morgan fingerprint density at radius 2 is 1.90 bits per heavy atom. The standard InChI is InChI=1S/C16H19NO3S/c1-11-6-8-13(9-7-11)21(19,20)17-10-12(2)14-4-3-5-15(18)16(14)17/h6-9,14,16H,2-5,10H2,1H3/t14-,16+/m1/s1. The molecule has 1 aliphatic heterocycles. The van der Waals surface area contributed by atoms with Crippen molar-refractivity contribution in [3.63, 3.8) is 0 Å². The zero-order chi connectivity index (χ0) is 15.2. The molecule has 0 spiro atoms. The van der Waals surface area contributed by atoms with Gasteiger partial charge in [-0.3, -0.25) is 4.79 Å². The molecule has 3 rings (SSSR count). The minimum Gasteiger partial charge on any atom is -0.298 e. The van der Waals surface area contributed by atoms with Crippen molar-refractivity contribution < 1.29 is 13.2 Å². The molecule has 2 atom stereocenters. The van der Waals surface area contributed by atoms with Crippen molar-refractivity contribution >= 4 is 15.8 Å². The van der Waals surface area contributed by atoms with E-state index in [1.54, 1.807) is 24.3 Å². The summed E-state index contributed by atoms with van der Waals surface area (Å²) in [5.41, 5.74) is 1.87. The smallest absolute Gasteiger partial charge is 0.244 e. The van der Waals surface area contributed by atoms with Gasteiger partial charge in [0.15, 0.2) is 5.78 Å². The number of fused-ring (bicyclic) bond motifs is 1. The van der Waals surface area contributed by atoms with Crippen LogP contribution in [0.3, 0.4) is 0 Å². The number of ketones is 1. The molecular formula is C16H19NO3S. The largest absolute Gasteiger partial charge is 0.298 e. The van der Waals surface area contributed by atoms with Crippen LogP contribution < -0.4 is 0 Å². The summed E-state index contributed by atoms with van der Waals surface area (Å²) in [4.78, 5) is 12.5. The van der Waals surface area contributed by atoms with Gasteiger partial charge in [0, 0.05) is 18.9 Å². The minimum atomic E-state index is -3.64. The second kappa shape index (κ2) is 5.07. The molecule has 0 amide bonds. The first kappa shape index (κ1) is 14.5. The lowest BCUT2D eigenvalue weighted by atomic mass is 9.83. The Hall–Kier alpha value is -1.46. The maximum Gasteiger partial charge on any atom is 0.244 e. The molecule has 5 heteroatoms. The second-order valence-corrected chi connectivity index (χ2v) is 7.82. The molecular weight excluding hydrogens is 286 g/mol. The number of hydrogen-bond donors (Lipinski definition) is 0. The van der Waals surface area contributed by atoms with E-state index in [0.29, 0.717) is 6.42 Å². The van der Waals surface area contributed by atoms with Crippen molar-refractivity contribution in [1.29, 1.82) is 0 Å². The summed E-state index contributed by atoms with van der Waals surface area (Å²) in [7, 11) is -3.64. The minimum absolute atomic E-state index is 0.00790. The highest BCUT2D eigenvalue weighted by Gasteiger charge is 2.48. The maximum absolute atomic E-state index is 12.8. The Balaban J connectivity index is 2.00. The third-order valence-corrected chi connectivity index (χ3v) is 6.31. The van der Waals surface area contributed by atoms with Gasteiger partial charge in [-0.05, 0) is 31.9 Å². The van der Waals surface area contributed by atoms with Crippen molar-refractivity contribution in [1.82, 2.24) is 4.31 Å². The number of carbonyl (C=O) groups is 1. The molecule has 112 valence electrons. The highest BCUT2D eigenvalue weighted by molar-refractivity contribution is 7.89. The normalized spacial score (nSPS) is 26.9. The topological polar surface area (TPSA) is 54.5 Å². The molecule has 1 aromatic carbocycles. The number of sulfonamides is 1. The van der Waals surface area contributed by atoms with Crippen LogP contribution in [0, 0.1) is 12.8 Å². The van der Waals surface area contributed by atoms with Crippen LogP contribution in [0.15, 0.2) is 41.3 Å². The molecule has 2 aliphatic rings. The molecule has 1 aliphatic carbocycles.